The van der Waals surface area contributed by atoms with E-state index in [0.29, 0.717) is 11.1 Å². The van der Waals surface area contributed by atoms with Crippen LogP contribution in [0, 0.1) is 13.8 Å². The summed E-state index contributed by atoms with van der Waals surface area (Å²) in [6.07, 6.45) is -3.82. The third kappa shape index (κ3) is 1.69. The zero-order valence-electron chi connectivity index (χ0n) is 11.3. The van der Waals surface area contributed by atoms with Gasteiger partial charge in [-0.1, -0.05) is 36.4 Å². The first kappa shape index (κ1) is 13.0. The molecule has 0 spiro atoms. The van der Waals surface area contributed by atoms with Gasteiger partial charge in [0.15, 0.2) is 12.3 Å². The maximum atomic E-state index is 14.4. The van der Waals surface area contributed by atoms with E-state index < -0.39 is 18.1 Å². The summed E-state index contributed by atoms with van der Waals surface area (Å²) in [5.41, 5.74) is 3.55. The van der Waals surface area contributed by atoms with Crippen molar-refractivity contribution in [1.29, 1.82) is 0 Å². The van der Waals surface area contributed by atoms with Crippen molar-refractivity contribution in [3.05, 3.63) is 58.7 Å². The molecule has 0 saturated heterocycles. The molecule has 2 atom stereocenters. The lowest BCUT2D eigenvalue weighted by molar-refractivity contribution is -0.129. The van der Waals surface area contributed by atoms with E-state index in [2.05, 4.69) is 0 Å². The summed E-state index contributed by atoms with van der Waals surface area (Å²) in [4.78, 5) is 11.9. The van der Waals surface area contributed by atoms with Crippen LogP contribution in [0.5, 0.6) is 0 Å². The molecule has 1 aliphatic carbocycles. The summed E-state index contributed by atoms with van der Waals surface area (Å²) >= 11 is 0. The minimum absolute atomic E-state index is 0.269. The third-order valence-corrected chi connectivity index (χ3v) is 3.91. The highest BCUT2D eigenvalue weighted by Crippen LogP contribution is 2.45. The van der Waals surface area contributed by atoms with Gasteiger partial charge in [0.25, 0.3) is 0 Å². The lowest BCUT2D eigenvalue weighted by atomic mass is 9.89. The van der Waals surface area contributed by atoms with Crippen molar-refractivity contribution >= 4 is 5.78 Å². The Morgan fingerprint density at radius 2 is 1.20 bits per heavy atom. The number of hydrogen-bond donors (Lipinski definition) is 0. The fourth-order valence-corrected chi connectivity index (χ4v) is 2.92. The van der Waals surface area contributed by atoms with Crippen molar-refractivity contribution in [3.8, 4) is 11.1 Å². The molecule has 1 nitrogen and oxygen atoms in total. The minimum Gasteiger partial charge on any atom is -0.292 e. The quantitative estimate of drug-likeness (QED) is 0.686. The van der Waals surface area contributed by atoms with Crippen molar-refractivity contribution in [2.75, 3.05) is 0 Å². The van der Waals surface area contributed by atoms with Gasteiger partial charge >= 0.3 is 0 Å². The van der Waals surface area contributed by atoms with E-state index in [1.165, 1.54) is 0 Å². The molecule has 0 saturated carbocycles. The number of fused-ring (bicyclic) bond motifs is 3. The second-order valence-electron chi connectivity index (χ2n) is 5.21. The molecule has 0 aromatic heterocycles. The van der Waals surface area contributed by atoms with Crippen LogP contribution >= 0.6 is 0 Å². The first-order valence-electron chi connectivity index (χ1n) is 6.53. The van der Waals surface area contributed by atoms with Gasteiger partial charge in [0.05, 0.1) is 0 Å². The highest BCUT2D eigenvalue weighted by molar-refractivity contribution is 5.96. The molecule has 0 radical (unpaired) electrons. The van der Waals surface area contributed by atoms with Gasteiger partial charge in [-0.05, 0) is 36.1 Å². The van der Waals surface area contributed by atoms with Gasteiger partial charge in [0, 0.05) is 11.1 Å². The van der Waals surface area contributed by atoms with Crippen LogP contribution in [0.4, 0.5) is 8.78 Å². The Morgan fingerprint density at radius 3 is 1.60 bits per heavy atom. The summed E-state index contributed by atoms with van der Waals surface area (Å²) in [5, 5.41) is 0. The van der Waals surface area contributed by atoms with Crippen molar-refractivity contribution in [2.45, 2.75) is 26.2 Å². The standard InChI is InChI=1S/C17H14F2O/c1-9-5-3-7-11-13(9)14-10(2)6-4-8-12(14)16(19)17(20)15(11)18/h3-8,15-16H,1-2H3/t15-,16-/m1/s1. The first-order valence-corrected chi connectivity index (χ1v) is 6.53. The fraction of sp³-hybridized carbons (Fsp3) is 0.235. The molecule has 0 aliphatic heterocycles. The van der Waals surface area contributed by atoms with Crippen molar-refractivity contribution in [2.24, 2.45) is 0 Å². The third-order valence-electron chi connectivity index (χ3n) is 3.91. The van der Waals surface area contributed by atoms with Gasteiger partial charge in [-0.15, -0.1) is 0 Å². The average molecular weight is 272 g/mol. The molecule has 20 heavy (non-hydrogen) atoms. The van der Waals surface area contributed by atoms with Crippen LogP contribution < -0.4 is 0 Å². The predicted octanol–water partition coefficient (Wildman–Crippen LogP) is 4.57. The summed E-state index contributed by atoms with van der Waals surface area (Å²) < 4.78 is 28.7. The molecule has 0 bridgehead atoms. The topological polar surface area (TPSA) is 17.1 Å². The van der Waals surface area contributed by atoms with Crippen molar-refractivity contribution < 1.29 is 13.6 Å². The van der Waals surface area contributed by atoms with E-state index in [0.717, 1.165) is 11.1 Å². The Labute approximate surface area is 116 Å². The van der Waals surface area contributed by atoms with E-state index in [9.17, 15) is 13.6 Å². The summed E-state index contributed by atoms with van der Waals surface area (Å²) in [5.74, 6) is -1.01. The Morgan fingerprint density at radius 1 is 0.800 bits per heavy atom. The number of aryl methyl sites for hydroxylation is 2. The number of carbonyl (C=O) groups excluding carboxylic acids is 1. The van der Waals surface area contributed by atoms with E-state index >= 15 is 0 Å². The number of carbonyl (C=O) groups is 1. The van der Waals surface area contributed by atoms with Crippen molar-refractivity contribution in [1.82, 2.24) is 0 Å². The molecule has 3 heteroatoms. The fourth-order valence-electron chi connectivity index (χ4n) is 2.92. The van der Waals surface area contributed by atoms with Gasteiger partial charge < -0.3 is 0 Å². The molecule has 0 N–H and O–H groups in total. The Kier molecular flexibility index (Phi) is 2.93. The average Bonchev–Trinajstić information content (AvgIpc) is 2.52. The Hall–Kier alpha value is -2.03. The molecule has 2 aromatic rings. The number of Topliss-reactive ketones (excluding diaryl/α,β-unsaturated/α-hetero) is 1. The van der Waals surface area contributed by atoms with Crippen LogP contribution in [0.15, 0.2) is 36.4 Å². The van der Waals surface area contributed by atoms with Gasteiger partial charge in [0.1, 0.15) is 0 Å². The van der Waals surface area contributed by atoms with Gasteiger partial charge in [-0.2, -0.15) is 0 Å². The Balaban J connectivity index is 2.46. The monoisotopic (exact) mass is 272 g/mol. The van der Waals surface area contributed by atoms with Crippen LogP contribution in [0.3, 0.4) is 0 Å². The lowest BCUT2D eigenvalue weighted by Gasteiger charge is -2.15. The van der Waals surface area contributed by atoms with Crippen LogP contribution in [-0.2, 0) is 4.79 Å². The summed E-state index contributed by atoms with van der Waals surface area (Å²) in [6.45, 7) is 3.70. The molecule has 2 aromatic carbocycles. The van der Waals surface area contributed by atoms with Gasteiger partial charge in [-0.25, -0.2) is 8.78 Å². The zero-order chi connectivity index (χ0) is 14.4. The Bertz CT molecular complexity index is 647. The second-order valence-corrected chi connectivity index (χ2v) is 5.21. The molecule has 1 aliphatic rings. The molecule has 0 amide bonds. The van der Waals surface area contributed by atoms with E-state index in [4.69, 9.17) is 0 Å². The van der Waals surface area contributed by atoms with Crippen LogP contribution in [0.2, 0.25) is 0 Å². The number of rotatable bonds is 0. The molecular formula is C17H14F2O. The van der Waals surface area contributed by atoms with Gasteiger partial charge in [-0.3, -0.25) is 4.79 Å². The molecule has 0 heterocycles. The number of ketones is 1. The lowest BCUT2D eigenvalue weighted by Crippen LogP contribution is -2.12. The smallest absolute Gasteiger partial charge is 0.210 e. The minimum atomic E-state index is -1.91. The second kappa shape index (κ2) is 4.51. The van der Waals surface area contributed by atoms with E-state index in [-0.39, 0.29) is 11.1 Å². The number of halogens is 2. The molecule has 3 rings (SSSR count). The number of hydrogen-bond acceptors (Lipinski definition) is 1. The normalized spacial score (nSPS) is 21.1. The molecule has 102 valence electrons. The SMILES string of the molecule is Cc1cccc2c1-c1c(C)cccc1[C@@H](F)C(=O)[C@@H]2F. The van der Waals surface area contributed by atoms with Crippen LogP contribution in [0.1, 0.15) is 34.6 Å². The number of alkyl halides is 2. The molecule has 0 fully saturated rings. The number of benzene rings is 2. The predicted molar refractivity (Wildman–Crippen MR) is 74.1 cm³/mol. The molecular weight excluding hydrogens is 258 g/mol. The van der Waals surface area contributed by atoms with Gasteiger partial charge in [0.2, 0.25) is 5.78 Å². The summed E-state index contributed by atoms with van der Waals surface area (Å²) in [6, 6.07) is 10.2. The highest BCUT2D eigenvalue weighted by Gasteiger charge is 2.37. The maximum absolute atomic E-state index is 14.4. The zero-order valence-corrected chi connectivity index (χ0v) is 11.3. The highest BCUT2D eigenvalue weighted by atomic mass is 19.1. The van der Waals surface area contributed by atoms with Crippen LogP contribution in [0.25, 0.3) is 11.1 Å². The molecule has 0 unspecified atom stereocenters. The first-order chi connectivity index (χ1) is 9.52. The van der Waals surface area contributed by atoms with E-state index in [1.54, 1.807) is 24.3 Å². The van der Waals surface area contributed by atoms with Crippen molar-refractivity contribution in [3.63, 3.8) is 0 Å². The largest absolute Gasteiger partial charge is 0.292 e. The summed E-state index contributed by atoms with van der Waals surface area (Å²) in [7, 11) is 0. The van der Waals surface area contributed by atoms with Crippen LogP contribution in [-0.4, -0.2) is 5.78 Å². The van der Waals surface area contributed by atoms with E-state index in [1.807, 2.05) is 26.0 Å². The maximum Gasteiger partial charge on any atom is 0.210 e.